The molecule has 1 heterocycles. The molecule has 5 nitrogen and oxygen atoms in total. The molecule has 0 atom stereocenters. The Morgan fingerprint density at radius 2 is 1.22 bits per heavy atom. The Kier molecular flexibility index (Phi) is 6.17. The Morgan fingerprint density at radius 3 is 1.69 bits per heavy atom. The summed E-state index contributed by atoms with van der Waals surface area (Å²) in [7, 11) is 3.31. The van der Waals surface area contributed by atoms with E-state index >= 15 is 0 Å². The molecule has 0 radical (unpaired) electrons. The maximum atomic E-state index is 11.3. The fourth-order valence-corrected chi connectivity index (χ4v) is 3.63. The number of carbonyl (C=O) groups is 1. The normalized spacial score (nSPS) is 10.5. The number of nitrogens with one attached hydrogen (secondary N) is 1. The number of hydrogen-bond donors (Lipinski definition) is 1. The van der Waals surface area contributed by atoms with Crippen LogP contribution in [-0.4, -0.2) is 25.1 Å². The molecule has 32 heavy (non-hydrogen) atoms. The van der Waals surface area contributed by atoms with Gasteiger partial charge < -0.3 is 14.8 Å². The molecule has 1 N–H and O–H groups in total. The van der Waals surface area contributed by atoms with Crippen molar-refractivity contribution >= 4 is 11.6 Å². The van der Waals surface area contributed by atoms with Crippen molar-refractivity contribution in [1.29, 1.82) is 0 Å². The summed E-state index contributed by atoms with van der Waals surface area (Å²) in [5, 5.41) is 2.80. The number of carbonyl (C=O) groups excluding carboxylic acids is 1. The lowest BCUT2D eigenvalue weighted by molar-refractivity contribution is -0.114. The molecule has 0 saturated heterocycles. The Hall–Kier alpha value is -4.12. The van der Waals surface area contributed by atoms with Crippen molar-refractivity contribution < 1.29 is 14.3 Å². The van der Waals surface area contributed by atoms with E-state index in [0.717, 1.165) is 50.8 Å². The largest absolute Gasteiger partial charge is 0.496 e. The SMILES string of the molecule is COc1ccccc1-c1cc(-c2ccc(NC(C)=O)cc2)cc(-c2ccccc2OC)n1. The number of ether oxygens (including phenoxy) is 2. The number of methoxy groups -OCH3 is 2. The summed E-state index contributed by atoms with van der Waals surface area (Å²) in [4.78, 5) is 16.3. The van der Waals surface area contributed by atoms with Crippen LogP contribution < -0.4 is 14.8 Å². The quantitative estimate of drug-likeness (QED) is 0.409. The number of hydrogen-bond acceptors (Lipinski definition) is 4. The zero-order valence-corrected chi connectivity index (χ0v) is 18.3. The molecule has 0 saturated carbocycles. The second-order valence-electron chi connectivity index (χ2n) is 7.29. The molecular formula is C27H24N2O3. The molecule has 0 aliphatic rings. The third-order valence-electron chi connectivity index (χ3n) is 5.13. The lowest BCUT2D eigenvalue weighted by Crippen LogP contribution is -2.05. The second-order valence-corrected chi connectivity index (χ2v) is 7.29. The molecule has 1 aromatic heterocycles. The topological polar surface area (TPSA) is 60.5 Å². The summed E-state index contributed by atoms with van der Waals surface area (Å²) in [6.45, 7) is 1.50. The number of amides is 1. The van der Waals surface area contributed by atoms with Crippen LogP contribution in [0, 0.1) is 0 Å². The smallest absolute Gasteiger partial charge is 0.221 e. The van der Waals surface area contributed by atoms with Gasteiger partial charge in [0, 0.05) is 23.7 Å². The first-order chi connectivity index (χ1) is 15.6. The Bertz CT molecular complexity index is 1180. The van der Waals surface area contributed by atoms with Gasteiger partial charge in [-0.2, -0.15) is 0 Å². The van der Waals surface area contributed by atoms with Crippen molar-refractivity contribution in [3.05, 3.63) is 84.9 Å². The van der Waals surface area contributed by atoms with E-state index in [9.17, 15) is 4.79 Å². The molecule has 5 heteroatoms. The highest BCUT2D eigenvalue weighted by molar-refractivity contribution is 5.89. The van der Waals surface area contributed by atoms with E-state index in [2.05, 4.69) is 5.32 Å². The first-order valence-corrected chi connectivity index (χ1v) is 10.3. The van der Waals surface area contributed by atoms with Crippen LogP contribution in [0.1, 0.15) is 6.92 Å². The molecule has 0 unspecified atom stereocenters. The van der Waals surface area contributed by atoms with Gasteiger partial charge in [0.25, 0.3) is 0 Å². The lowest BCUT2D eigenvalue weighted by atomic mass is 9.99. The molecule has 160 valence electrons. The van der Waals surface area contributed by atoms with Gasteiger partial charge in [0.2, 0.25) is 5.91 Å². The highest BCUT2D eigenvalue weighted by Gasteiger charge is 2.14. The monoisotopic (exact) mass is 424 g/mol. The minimum atomic E-state index is -0.0985. The molecule has 0 aliphatic carbocycles. The third-order valence-corrected chi connectivity index (χ3v) is 5.13. The van der Waals surface area contributed by atoms with Gasteiger partial charge in [-0.1, -0.05) is 36.4 Å². The zero-order chi connectivity index (χ0) is 22.5. The number of aromatic nitrogens is 1. The molecule has 4 aromatic rings. The molecular weight excluding hydrogens is 400 g/mol. The van der Waals surface area contributed by atoms with E-state index < -0.39 is 0 Å². The summed E-state index contributed by atoms with van der Waals surface area (Å²) >= 11 is 0. The lowest BCUT2D eigenvalue weighted by Gasteiger charge is -2.14. The summed E-state index contributed by atoms with van der Waals surface area (Å²) < 4.78 is 11.2. The Morgan fingerprint density at radius 1 is 0.719 bits per heavy atom. The van der Waals surface area contributed by atoms with Crippen molar-refractivity contribution in [3.8, 4) is 45.1 Å². The van der Waals surface area contributed by atoms with E-state index in [1.165, 1.54) is 6.92 Å². The number of para-hydroxylation sites is 2. The first kappa shape index (κ1) is 21.1. The van der Waals surface area contributed by atoms with Crippen LogP contribution in [0.5, 0.6) is 11.5 Å². The predicted molar refractivity (Wildman–Crippen MR) is 128 cm³/mol. The van der Waals surface area contributed by atoms with Gasteiger partial charge in [-0.3, -0.25) is 4.79 Å². The summed E-state index contributed by atoms with van der Waals surface area (Å²) in [6, 6.07) is 27.5. The Labute approximate surface area is 187 Å². The molecule has 0 fully saturated rings. The minimum Gasteiger partial charge on any atom is -0.496 e. The minimum absolute atomic E-state index is 0.0985. The van der Waals surface area contributed by atoms with Crippen LogP contribution in [0.3, 0.4) is 0 Å². The standard InChI is InChI=1S/C27H24N2O3/c1-18(30)28-21-14-12-19(13-15-21)20-16-24(22-8-4-6-10-26(22)31-2)29-25(17-20)23-9-5-7-11-27(23)32-3/h4-17H,1-3H3,(H,28,30). The molecule has 0 spiro atoms. The maximum Gasteiger partial charge on any atom is 0.221 e. The number of anilines is 1. The molecule has 4 rings (SSSR count). The third kappa shape index (κ3) is 4.47. The van der Waals surface area contributed by atoms with Gasteiger partial charge in [0.05, 0.1) is 25.6 Å². The first-order valence-electron chi connectivity index (χ1n) is 10.3. The molecule has 1 amide bonds. The summed E-state index contributed by atoms with van der Waals surface area (Å²) in [6.07, 6.45) is 0. The van der Waals surface area contributed by atoms with Crippen molar-refractivity contribution in [2.45, 2.75) is 6.92 Å². The van der Waals surface area contributed by atoms with Gasteiger partial charge >= 0.3 is 0 Å². The van der Waals surface area contributed by atoms with Crippen molar-refractivity contribution in [1.82, 2.24) is 4.98 Å². The van der Waals surface area contributed by atoms with Gasteiger partial charge in [0.15, 0.2) is 0 Å². The highest BCUT2D eigenvalue weighted by Crippen LogP contribution is 2.36. The average molecular weight is 425 g/mol. The fraction of sp³-hybridized carbons (Fsp3) is 0.111. The van der Waals surface area contributed by atoms with E-state index in [-0.39, 0.29) is 5.91 Å². The van der Waals surface area contributed by atoms with Gasteiger partial charge in [-0.15, -0.1) is 0 Å². The van der Waals surface area contributed by atoms with Crippen LogP contribution in [0.25, 0.3) is 33.6 Å². The fourth-order valence-electron chi connectivity index (χ4n) is 3.63. The van der Waals surface area contributed by atoms with E-state index in [4.69, 9.17) is 14.5 Å². The number of nitrogens with zero attached hydrogens (tertiary/aromatic N) is 1. The second kappa shape index (κ2) is 9.35. The summed E-state index contributed by atoms with van der Waals surface area (Å²) in [5.41, 5.74) is 6.17. The number of benzene rings is 3. The molecule has 3 aromatic carbocycles. The van der Waals surface area contributed by atoms with Crippen LogP contribution in [0.4, 0.5) is 5.69 Å². The molecule has 0 bridgehead atoms. The maximum absolute atomic E-state index is 11.3. The average Bonchev–Trinajstić information content (AvgIpc) is 2.83. The van der Waals surface area contributed by atoms with Gasteiger partial charge in [0.1, 0.15) is 11.5 Å². The number of rotatable bonds is 6. The van der Waals surface area contributed by atoms with E-state index in [1.54, 1.807) is 14.2 Å². The van der Waals surface area contributed by atoms with Crippen molar-refractivity contribution in [3.63, 3.8) is 0 Å². The summed E-state index contributed by atoms with van der Waals surface area (Å²) in [5.74, 6) is 1.41. The zero-order valence-electron chi connectivity index (χ0n) is 18.3. The van der Waals surface area contributed by atoms with Gasteiger partial charge in [-0.05, 0) is 59.7 Å². The highest BCUT2D eigenvalue weighted by atomic mass is 16.5. The van der Waals surface area contributed by atoms with E-state index in [0.29, 0.717) is 0 Å². The molecule has 0 aliphatic heterocycles. The van der Waals surface area contributed by atoms with Gasteiger partial charge in [-0.25, -0.2) is 4.98 Å². The van der Waals surface area contributed by atoms with Crippen LogP contribution in [0.2, 0.25) is 0 Å². The van der Waals surface area contributed by atoms with E-state index in [1.807, 2.05) is 84.9 Å². The van der Waals surface area contributed by atoms with Crippen LogP contribution in [-0.2, 0) is 4.79 Å². The Balaban J connectivity index is 1.89. The van der Waals surface area contributed by atoms with Crippen molar-refractivity contribution in [2.24, 2.45) is 0 Å². The van der Waals surface area contributed by atoms with Crippen molar-refractivity contribution in [2.75, 3.05) is 19.5 Å². The predicted octanol–water partition coefficient (Wildman–Crippen LogP) is 6.06. The number of pyridine rings is 1. The van der Waals surface area contributed by atoms with Crippen LogP contribution >= 0.6 is 0 Å². The van der Waals surface area contributed by atoms with Crippen LogP contribution in [0.15, 0.2) is 84.9 Å².